The zero-order valence-electron chi connectivity index (χ0n) is 15.6. The molecule has 1 aliphatic rings. The van der Waals surface area contributed by atoms with E-state index in [-0.39, 0.29) is 11.9 Å². The second-order valence-corrected chi connectivity index (χ2v) is 7.26. The zero-order chi connectivity index (χ0) is 19.3. The third-order valence-corrected chi connectivity index (χ3v) is 4.60. The highest BCUT2D eigenvalue weighted by molar-refractivity contribution is 5.78. The molecule has 0 spiro atoms. The fourth-order valence-corrected chi connectivity index (χ4v) is 3.10. The molecule has 1 atom stereocenters. The predicted molar refractivity (Wildman–Crippen MR) is 98.2 cm³/mol. The third-order valence-electron chi connectivity index (χ3n) is 4.60. The largest absolute Gasteiger partial charge is 0.332 e. The summed E-state index contributed by atoms with van der Waals surface area (Å²) in [5.74, 6) is 0.456. The van der Waals surface area contributed by atoms with E-state index in [0.717, 1.165) is 12.8 Å². The molecule has 9 nitrogen and oxygen atoms in total. The van der Waals surface area contributed by atoms with Crippen molar-refractivity contribution in [2.75, 3.05) is 45.6 Å². The molecular weight excluding hydrogens is 346 g/mol. The lowest BCUT2D eigenvalue weighted by Gasteiger charge is -2.31. The minimum Gasteiger partial charge on any atom is -0.332 e. The van der Waals surface area contributed by atoms with Crippen LogP contribution in [-0.2, 0) is 4.79 Å². The smallest absolute Gasteiger partial charge is 0.322 e. The highest BCUT2D eigenvalue weighted by Crippen LogP contribution is 2.17. The van der Waals surface area contributed by atoms with Crippen molar-refractivity contribution in [3.05, 3.63) is 24.4 Å². The van der Waals surface area contributed by atoms with Crippen LogP contribution in [0.3, 0.4) is 0 Å². The van der Waals surface area contributed by atoms with Crippen LogP contribution in [0.5, 0.6) is 0 Å². The van der Waals surface area contributed by atoms with Gasteiger partial charge in [0.2, 0.25) is 5.82 Å². The van der Waals surface area contributed by atoms with Crippen molar-refractivity contribution in [2.45, 2.75) is 18.9 Å². The van der Waals surface area contributed by atoms with Gasteiger partial charge in [0.1, 0.15) is 11.7 Å². The normalized spacial score (nSPS) is 16.9. The van der Waals surface area contributed by atoms with Crippen molar-refractivity contribution in [1.82, 2.24) is 20.0 Å². The summed E-state index contributed by atoms with van der Waals surface area (Å²) in [6, 6.07) is 7.76. The Hall–Kier alpha value is -2.99. The molecule has 2 aromatic heterocycles. The number of quaternary nitrogens is 1. The molecule has 0 saturated carbocycles. The van der Waals surface area contributed by atoms with Gasteiger partial charge in [0, 0.05) is 12.7 Å². The number of hydrogen-bond acceptors (Lipinski definition) is 7. The number of pyridine rings is 1. The van der Waals surface area contributed by atoms with E-state index in [1.54, 1.807) is 11.1 Å². The van der Waals surface area contributed by atoms with Crippen molar-refractivity contribution in [3.8, 4) is 17.6 Å². The minimum atomic E-state index is -0.279. The van der Waals surface area contributed by atoms with E-state index in [9.17, 15) is 4.79 Å². The van der Waals surface area contributed by atoms with E-state index in [4.69, 9.17) is 9.78 Å². The molecule has 27 heavy (non-hydrogen) atoms. The van der Waals surface area contributed by atoms with E-state index in [2.05, 4.69) is 26.5 Å². The number of amides is 1. The van der Waals surface area contributed by atoms with Gasteiger partial charge in [0.05, 0.1) is 33.3 Å². The van der Waals surface area contributed by atoms with Gasteiger partial charge in [-0.05, 0) is 25.0 Å². The van der Waals surface area contributed by atoms with E-state index in [1.165, 1.54) is 0 Å². The van der Waals surface area contributed by atoms with E-state index >= 15 is 0 Å². The molecule has 0 bridgehead atoms. The first kappa shape index (κ1) is 18.8. The average molecular weight is 370 g/mol. The Morgan fingerprint density at radius 2 is 2.33 bits per heavy atom. The fraction of sp³-hybridized carbons (Fsp3) is 0.500. The van der Waals surface area contributed by atoms with Gasteiger partial charge in [0.25, 0.3) is 5.91 Å². The van der Waals surface area contributed by atoms with Gasteiger partial charge in [0.15, 0.2) is 6.54 Å². The first-order valence-electron chi connectivity index (χ1n) is 8.98. The predicted octanol–water partition coefficient (Wildman–Crippen LogP) is 1.13. The summed E-state index contributed by atoms with van der Waals surface area (Å²) in [6.45, 7) is 2.29. The number of anilines is 1. The maximum atomic E-state index is 12.5. The lowest BCUT2D eigenvalue weighted by molar-refractivity contribution is -0.881. The number of rotatable bonds is 7. The maximum Gasteiger partial charge on any atom is 0.322 e. The summed E-state index contributed by atoms with van der Waals surface area (Å²) < 4.78 is 5.70. The topological polar surface area (TPSA) is 108 Å². The average Bonchev–Trinajstić information content (AvgIpc) is 3.31. The van der Waals surface area contributed by atoms with Gasteiger partial charge in [-0.2, -0.15) is 10.2 Å². The molecule has 1 unspecified atom stereocenters. The van der Waals surface area contributed by atoms with Crippen LogP contribution in [0.4, 0.5) is 6.01 Å². The Bertz CT molecular complexity index is 813. The van der Waals surface area contributed by atoms with E-state index in [0.29, 0.717) is 48.2 Å². The molecule has 3 rings (SSSR count). The molecular formula is C18H24N7O2+. The number of nitrogens with one attached hydrogen (secondary N) is 1. The van der Waals surface area contributed by atoms with Gasteiger partial charge < -0.3 is 19.2 Å². The van der Waals surface area contributed by atoms with Gasteiger partial charge in [-0.15, -0.1) is 0 Å². The highest BCUT2D eigenvalue weighted by Gasteiger charge is 2.32. The molecule has 0 radical (unpaired) electrons. The quantitative estimate of drug-likeness (QED) is 0.728. The van der Waals surface area contributed by atoms with E-state index in [1.807, 2.05) is 32.3 Å². The summed E-state index contributed by atoms with van der Waals surface area (Å²) in [6.07, 6.45) is 3.34. The summed E-state index contributed by atoms with van der Waals surface area (Å²) in [4.78, 5) is 22.7. The number of carbonyl (C=O) groups is 1. The molecule has 1 N–H and O–H groups in total. The Labute approximate surface area is 158 Å². The van der Waals surface area contributed by atoms with Crippen LogP contribution in [0.25, 0.3) is 11.5 Å². The molecule has 9 heteroatoms. The Balaban J connectivity index is 1.49. The van der Waals surface area contributed by atoms with E-state index < -0.39 is 0 Å². The van der Waals surface area contributed by atoms with Crippen LogP contribution >= 0.6 is 0 Å². The summed E-state index contributed by atoms with van der Waals surface area (Å²) in [5, 5.41) is 16.2. The van der Waals surface area contributed by atoms with Crippen molar-refractivity contribution >= 4 is 11.9 Å². The van der Waals surface area contributed by atoms with Crippen molar-refractivity contribution in [2.24, 2.45) is 0 Å². The number of nitrogens with zero attached hydrogens (tertiary/aromatic N) is 6. The van der Waals surface area contributed by atoms with Gasteiger partial charge in [-0.3, -0.25) is 9.78 Å². The number of likely N-dealkylation sites (N-methyl/N-ethyl adjacent to an activating group) is 1. The van der Waals surface area contributed by atoms with Crippen LogP contribution in [0.2, 0.25) is 0 Å². The zero-order valence-corrected chi connectivity index (χ0v) is 15.6. The lowest BCUT2D eigenvalue weighted by atomic mass is 10.2. The molecule has 1 fully saturated rings. The number of hydrogen-bond donors (Lipinski definition) is 1. The SMILES string of the molecule is C[N+](C)(CCNc1nc(-c2ccccn2)no1)CC(=O)N1CCCC1C#N. The molecule has 1 aliphatic heterocycles. The minimum absolute atomic E-state index is 0.0271. The lowest BCUT2D eigenvalue weighted by Crippen LogP contribution is -2.51. The summed E-state index contributed by atoms with van der Waals surface area (Å²) in [5.41, 5.74) is 0.647. The third kappa shape index (κ3) is 4.80. The Morgan fingerprint density at radius 3 is 3.07 bits per heavy atom. The van der Waals surface area contributed by atoms with Crippen LogP contribution in [-0.4, -0.2) is 76.7 Å². The molecule has 0 aliphatic carbocycles. The van der Waals surface area contributed by atoms with Crippen LogP contribution in [0.15, 0.2) is 28.9 Å². The number of nitriles is 1. The van der Waals surface area contributed by atoms with Crippen molar-refractivity contribution in [3.63, 3.8) is 0 Å². The van der Waals surface area contributed by atoms with Gasteiger partial charge in [-0.1, -0.05) is 11.2 Å². The second-order valence-electron chi connectivity index (χ2n) is 7.26. The Kier molecular flexibility index (Phi) is 5.66. The number of carbonyl (C=O) groups excluding carboxylic acids is 1. The van der Waals surface area contributed by atoms with Crippen molar-refractivity contribution in [1.29, 1.82) is 5.26 Å². The van der Waals surface area contributed by atoms with Gasteiger partial charge in [-0.25, -0.2) is 0 Å². The number of likely N-dealkylation sites (tertiary alicyclic amines) is 1. The first-order chi connectivity index (χ1) is 13.0. The Morgan fingerprint density at radius 1 is 1.48 bits per heavy atom. The van der Waals surface area contributed by atoms with Crippen LogP contribution in [0.1, 0.15) is 12.8 Å². The van der Waals surface area contributed by atoms with Gasteiger partial charge >= 0.3 is 6.01 Å². The second kappa shape index (κ2) is 8.14. The molecule has 2 aromatic rings. The summed E-state index contributed by atoms with van der Waals surface area (Å²) in [7, 11) is 3.98. The molecule has 3 heterocycles. The highest BCUT2D eigenvalue weighted by atomic mass is 16.5. The van der Waals surface area contributed by atoms with Crippen molar-refractivity contribution < 1.29 is 13.8 Å². The first-order valence-corrected chi connectivity index (χ1v) is 8.98. The molecule has 1 saturated heterocycles. The molecule has 142 valence electrons. The standard InChI is InChI=1S/C18H24N7O2/c1-25(2,13-16(26)24-10-5-6-14(24)12-19)11-9-21-18-22-17(23-27-18)15-7-3-4-8-20-15/h3-4,7-8,14H,5-6,9-11,13H2,1-2H3,(H,21,22,23)/q+1. The monoisotopic (exact) mass is 370 g/mol. The van der Waals surface area contributed by atoms with Crippen LogP contribution in [0, 0.1) is 11.3 Å². The summed E-state index contributed by atoms with van der Waals surface area (Å²) >= 11 is 0. The van der Waals surface area contributed by atoms with Crippen LogP contribution < -0.4 is 5.32 Å². The molecule has 1 amide bonds. The molecule has 0 aromatic carbocycles. The maximum absolute atomic E-state index is 12.5. The number of aromatic nitrogens is 3. The fourth-order valence-electron chi connectivity index (χ4n) is 3.10.